The van der Waals surface area contributed by atoms with E-state index in [2.05, 4.69) is 10.6 Å². The minimum Gasteiger partial charge on any atom is -0.352 e. The predicted octanol–water partition coefficient (Wildman–Crippen LogP) is 0.712. The number of nitrogens with zero attached hydrogens (tertiary/aromatic N) is 1. The van der Waals surface area contributed by atoms with Gasteiger partial charge in [-0.15, -0.1) is 0 Å². The van der Waals surface area contributed by atoms with Gasteiger partial charge >= 0.3 is 6.03 Å². The summed E-state index contributed by atoms with van der Waals surface area (Å²) in [6.45, 7) is 5.78. The Bertz CT molecular complexity index is 654. The van der Waals surface area contributed by atoms with E-state index in [4.69, 9.17) is 5.73 Å². The minimum absolute atomic E-state index is 0.155. The molecule has 0 aliphatic heterocycles. The number of primary amides is 1. The van der Waals surface area contributed by atoms with E-state index in [0.717, 1.165) is 0 Å². The first-order chi connectivity index (χ1) is 10.7. The summed E-state index contributed by atoms with van der Waals surface area (Å²) in [5.74, 6) is -0.455. The highest BCUT2D eigenvalue weighted by Gasteiger charge is 2.21. The van der Waals surface area contributed by atoms with Gasteiger partial charge in [-0.1, -0.05) is 13.8 Å². The fraction of sp³-hybridized carbons (Fsp3) is 0.429. The highest BCUT2D eigenvalue weighted by molar-refractivity contribution is 7.89. The summed E-state index contributed by atoms with van der Waals surface area (Å²) in [5.41, 5.74) is 5.37. The maximum Gasteiger partial charge on any atom is 0.312 e. The summed E-state index contributed by atoms with van der Waals surface area (Å²) in [5, 5.41) is 4.82. The van der Waals surface area contributed by atoms with E-state index in [1.54, 1.807) is 13.8 Å². The Balaban J connectivity index is 2.85. The molecule has 9 heteroatoms. The third kappa shape index (κ3) is 4.93. The van der Waals surface area contributed by atoms with Crippen molar-refractivity contribution < 1.29 is 18.0 Å². The summed E-state index contributed by atoms with van der Waals surface area (Å²) in [6, 6.07) is 4.24. The lowest BCUT2D eigenvalue weighted by Gasteiger charge is -2.18. The number of nitrogens with one attached hydrogen (secondary N) is 2. The Hall–Kier alpha value is -2.13. The molecule has 0 radical (unpaired) electrons. The zero-order chi connectivity index (χ0) is 17.6. The van der Waals surface area contributed by atoms with Gasteiger partial charge in [0.2, 0.25) is 15.9 Å². The highest BCUT2D eigenvalue weighted by Crippen LogP contribution is 2.18. The Kier molecular flexibility index (Phi) is 6.52. The van der Waals surface area contributed by atoms with Gasteiger partial charge in [0, 0.05) is 18.8 Å². The van der Waals surface area contributed by atoms with Crippen LogP contribution in [0.4, 0.5) is 10.5 Å². The predicted molar refractivity (Wildman–Crippen MR) is 87.4 cm³/mol. The second-order valence-corrected chi connectivity index (χ2v) is 6.77. The zero-order valence-corrected chi connectivity index (χ0v) is 14.2. The maximum absolute atomic E-state index is 12.3. The minimum atomic E-state index is -3.53. The smallest absolute Gasteiger partial charge is 0.312 e. The number of carbonyl (C=O) groups is 2. The molecule has 8 nitrogen and oxygen atoms in total. The van der Waals surface area contributed by atoms with Crippen LogP contribution in [0.3, 0.4) is 0 Å². The number of amides is 3. The molecule has 1 aromatic carbocycles. The molecule has 0 fully saturated rings. The lowest BCUT2D eigenvalue weighted by Crippen LogP contribution is -2.44. The van der Waals surface area contributed by atoms with Crippen LogP contribution in [0.2, 0.25) is 0 Å². The lowest BCUT2D eigenvalue weighted by molar-refractivity contribution is -0.117. The number of anilines is 1. The molecule has 3 amide bonds. The van der Waals surface area contributed by atoms with Gasteiger partial charge in [-0.05, 0) is 31.2 Å². The van der Waals surface area contributed by atoms with E-state index in [-0.39, 0.29) is 4.90 Å². The molecule has 1 aromatic rings. The number of rotatable bonds is 7. The number of sulfonamides is 1. The van der Waals surface area contributed by atoms with Crippen LogP contribution in [0.1, 0.15) is 20.8 Å². The number of benzene rings is 1. The van der Waals surface area contributed by atoms with Gasteiger partial charge in [-0.2, -0.15) is 4.31 Å². The van der Waals surface area contributed by atoms with E-state index in [1.165, 1.54) is 35.5 Å². The summed E-state index contributed by atoms with van der Waals surface area (Å²) in [7, 11) is -3.53. The number of nitrogens with two attached hydrogens (primary N) is 1. The van der Waals surface area contributed by atoms with Crippen LogP contribution >= 0.6 is 0 Å². The average Bonchev–Trinajstić information content (AvgIpc) is 2.48. The second-order valence-electron chi connectivity index (χ2n) is 4.83. The molecule has 0 saturated carbocycles. The van der Waals surface area contributed by atoms with Crippen molar-refractivity contribution in [1.29, 1.82) is 0 Å². The van der Waals surface area contributed by atoms with Crippen molar-refractivity contribution in [1.82, 2.24) is 9.62 Å². The Morgan fingerprint density at radius 3 is 2.13 bits per heavy atom. The molecule has 23 heavy (non-hydrogen) atoms. The van der Waals surface area contributed by atoms with Gasteiger partial charge < -0.3 is 16.4 Å². The first kappa shape index (κ1) is 18.9. The molecule has 0 aliphatic rings. The first-order valence-electron chi connectivity index (χ1n) is 7.19. The van der Waals surface area contributed by atoms with Crippen molar-refractivity contribution in [2.45, 2.75) is 31.7 Å². The van der Waals surface area contributed by atoms with Crippen LogP contribution in [0.25, 0.3) is 0 Å². The van der Waals surface area contributed by atoms with E-state index in [0.29, 0.717) is 18.8 Å². The monoisotopic (exact) mass is 342 g/mol. The van der Waals surface area contributed by atoms with Gasteiger partial charge in [0.15, 0.2) is 0 Å². The Morgan fingerprint density at radius 2 is 1.70 bits per heavy atom. The lowest BCUT2D eigenvalue weighted by atomic mass is 10.2. The molecule has 0 aliphatic carbocycles. The zero-order valence-electron chi connectivity index (χ0n) is 13.4. The molecule has 1 atom stereocenters. The summed E-state index contributed by atoms with van der Waals surface area (Å²) in [6.07, 6.45) is 0. The number of carbonyl (C=O) groups excluding carboxylic acids is 2. The standard InChI is InChI=1S/C14H22N4O4S/c1-4-18(5-2)23(21,22)12-8-6-11(7-9-12)17-13(19)10(3)16-14(15)20/h6-10H,4-5H2,1-3H3,(H,17,19)(H3,15,16,20). The molecule has 0 spiro atoms. The summed E-state index contributed by atoms with van der Waals surface area (Å²) in [4.78, 5) is 22.7. The molecular formula is C14H22N4O4S. The number of hydrogen-bond donors (Lipinski definition) is 3. The molecule has 1 rings (SSSR count). The van der Waals surface area contributed by atoms with E-state index in [9.17, 15) is 18.0 Å². The van der Waals surface area contributed by atoms with Gasteiger partial charge in [-0.3, -0.25) is 4.79 Å². The Morgan fingerprint density at radius 1 is 1.17 bits per heavy atom. The highest BCUT2D eigenvalue weighted by atomic mass is 32.2. The molecule has 4 N–H and O–H groups in total. The van der Waals surface area contributed by atoms with Crippen LogP contribution in [0.15, 0.2) is 29.2 Å². The topological polar surface area (TPSA) is 122 Å². The molecule has 1 unspecified atom stereocenters. The van der Waals surface area contributed by atoms with Crippen molar-refractivity contribution in [3.63, 3.8) is 0 Å². The maximum atomic E-state index is 12.3. The fourth-order valence-corrected chi connectivity index (χ4v) is 3.41. The third-order valence-electron chi connectivity index (χ3n) is 3.22. The second kappa shape index (κ2) is 7.93. The SMILES string of the molecule is CCN(CC)S(=O)(=O)c1ccc(NC(=O)C(C)NC(N)=O)cc1. The van der Waals surface area contributed by atoms with Crippen LogP contribution in [0, 0.1) is 0 Å². The average molecular weight is 342 g/mol. The molecule has 128 valence electrons. The third-order valence-corrected chi connectivity index (χ3v) is 5.28. The van der Waals surface area contributed by atoms with Crippen LogP contribution in [-0.2, 0) is 14.8 Å². The van der Waals surface area contributed by atoms with Crippen molar-refractivity contribution in [3.8, 4) is 0 Å². The summed E-state index contributed by atoms with van der Waals surface area (Å²) < 4.78 is 26.0. The van der Waals surface area contributed by atoms with Gasteiger partial charge in [0.25, 0.3) is 0 Å². The fourth-order valence-electron chi connectivity index (χ4n) is 1.95. The van der Waals surface area contributed by atoms with Crippen molar-refractivity contribution in [2.75, 3.05) is 18.4 Å². The van der Waals surface area contributed by atoms with Crippen LogP contribution in [0.5, 0.6) is 0 Å². The summed E-state index contributed by atoms with van der Waals surface area (Å²) >= 11 is 0. The quantitative estimate of drug-likeness (QED) is 0.675. The van der Waals surface area contributed by atoms with E-state index >= 15 is 0 Å². The molecule has 0 bridgehead atoms. The van der Waals surface area contributed by atoms with Crippen molar-refractivity contribution in [2.24, 2.45) is 5.73 Å². The number of urea groups is 1. The van der Waals surface area contributed by atoms with Crippen LogP contribution in [-0.4, -0.2) is 43.8 Å². The van der Waals surface area contributed by atoms with Gasteiger partial charge in [0.1, 0.15) is 6.04 Å². The van der Waals surface area contributed by atoms with Crippen molar-refractivity contribution >= 4 is 27.6 Å². The van der Waals surface area contributed by atoms with Crippen molar-refractivity contribution in [3.05, 3.63) is 24.3 Å². The van der Waals surface area contributed by atoms with Gasteiger partial charge in [-0.25, -0.2) is 13.2 Å². The molecular weight excluding hydrogens is 320 g/mol. The molecule has 0 heterocycles. The van der Waals surface area contributed by atoms with E-state index < -0.39 is 28.0 Å². The number of hydrogen-bond acceptors (Lipinski definition) is 4. The normalized spacial score (nSPS) is 12.7. The largest absolute Gasteiger partial charge is 0.352 e. The molecule has 0 aromatic heterocycles. The Labute approximate surface area is 136 Å². The van der Waals surface area contributed by atoms with E-state index in [1.807, 2.05) is 0 Å². The first-order valence-corrected chi connectivity index (χ1v) is 8.63. The van der Waals surface area contributed by atoms with Gasteiger partial charge in [0.05, 0.1) is 4.90 Å². The van der Waals surface area contributed by atoms with Crippen LogP contribution < -0.4 is 16.4 Å². The molecule has 0 saturated heterocycles.